The Kier molecular flexibility index (Phi) is 5.22. The largest absolute Gasteiger partial charge is 0.317 e. The molecule has 0 aliphatic carbocycles. The summed E-state index contributed by atoms with van der Waals surface area (Å²) in [4.78, 5) is 0. The van der Waals surface area contributed by atoms with Gasteiger partial charge in [0, 0.05) is 0 Å². The summed E-state index contributed by atoms with van der Waals surface area (Å²) in [5, 5.41) is 6.08. The molecule has 2 rings (SSSR count). The minimum Gasteiger partial charge on any atom is -0.317 e. The molecule has 0 heterocycles. The van der Waals surface area contributed by atoms with Crippen molar-refractivity contribution in [2.75, 3.05) is 13.1 Å². The molecule has 0 amide bonds. The quantitative estimate of drug-likeness (QED) is 0.718. The van der Waals surface area contributed by atoms with E-state index in [4.69, 9.17) is 0 Å². The fourth-order valence-electron chi connectivity index (χ4n) is 2.33. The van der Waals surface area contributed by atoms with Crippen molar-refractivity contribution in [3.63, 3.8) is 0 Å². The molecule has 0 unspecified atom stereocenters. The Morgan fingerprint density at radius 1 is 0.889 bits per heavy atom. The van der Waals surface area contributed by atoms with Crippen molar-refractivity contribution < 1.29 is 0 Å². The zero-order valence-electron chi connectivity index (χ0n) is 11.3. The Bertz CT molecular complexity index is 476. The first kappa shape index (κ1) is 13.1. The zero-order chi connectivity index (χ0) is 12.6. The van der Waals surface area contributed by atoms with E-state index in [9.17, 15) is 0 Å². The normalized spacial score (nSPS) is 10.9. The molecule has 0 spiro atoms. The molecule has 0 saturated carbocycles. The summed E-state index contributed by atoms with van der Waals surface area (Å²) in [6.45, 7) is 4.41. The molecular weight excluding hydrogens is 218 g/mol. The van der Waals surface area contributed by atoms with E-state index >= 15 is 0 Å². The van der Waals surface area contributed by atoms with Crippen LogP contribution in [0.3, 0.4) is 0 Å². The van der Waals surface area contributed by atoms with Gasteiger partial charge < -0.3 is 5.32 Å². The van der Waals surface area contributed by atoms with Crippen molar-refractivity contribution in [2.24, 2.45) is 0 Å². The number of benzene rings is 2. The number of fused-ring (bicyclic) bond motifs is 1. The molecule has 1 heteroatoms. The highest BCUT2D eigenvalue weighted by Crippen LogP contribution is 2.17. The highest BCUT2D eigenvalue weighted by atomic mass is 14.8. The van der Waals surface area contributed by atoms with Crippen LogP contribution >= 0.6 is 0 Å². The van der Waals surface area contributed by atoms with Crippen molar-refractivity contribution in [1.29, 1.82) is 0 Å². The molecule has 0 aromatic heterocycles. The first-order valence-electron chi connectivity index (χ1n) is 7.08. The minimum absolute atomic E-state index is 1.09. The van der Waals surface area contributed by atoms with Gasteiger partial charge in [0.1, 0.15) is 0 Å². The Hall–Kier alpha value is -1.34. The van der Waals surface area contributed by atoms with Crippen LogP contribution in [0.1, 0.15) is 31.7 Å². The van der Waals surface area contributed by atoms with Gasteiger partial charge in [-0.1, -0.05) is 55.8 Å². The van der Waals surface area contributed by atoms with E-state index in [1.807, 2.05) is 0 Å². The van der Waals surface area contributed by atoms with Crippen LogP contribution < -0.4 is 5.32 Å². The van der Waals surface area contributed by atoms with Gasteiger partial charge in [-0.2, -0.15) is 0 Å². The second-order valence-corrected chi connectivity index (χ2v) is 4.85. The molecular formula is C17H23N. The summed E-state index contributed by atoms with van der Waals surface area (Å²) >= 11 is 0. The van der Waals surface area contributed by atoms with Gasteiger partial charge >= 0.3 is 0 Å². The summed E-state index contributed by atoms with van der Waals surface area (Å²) in [5.74, 6) is 0. The average Bonchev–Trinajstić information content (AvgIpc) is 2.42. The van der Waals surface area contributed by atoms with Gasteiger partial charge in [-0.15, -0.1) is 0 Å². The maximum Gasteiger partial charge on any atom is -0.00490 e. The third-order valence-electron chi connectivity index (χ3n) is 3.38. The maximum absolute atomic E-state index is 3.37. The second kappa shape index (κ2) is 7.17. The predicted molar refractivity (Wildman–Crippen MR) is 80.0 cm³/mol. The molecule has 1 nitrogen and oxygen atoms in total. The van der Waals surface area contributed by atoms with E-state index in [2.05, 4.69) is 54.7 Å². The fourth-order valence-corrected chi connectivity index (χ4v) is 2.33. The van der Waals surface area contributed by atoms with E-state index in [-0.39, 0.29) is 0 Å². The second-order valence-electron chi connectivity index (χ2n) is 4.85. The van der Waals surface area contributed by atoms with Crippen LogP contribution in [-0.4, -0.2) is 13.1 Å². The van der Waals surface area contributed by atoms with Crippen LogP contribution in [0.2, 0.25) is 0 Å². The minimum atomic E-state index is 1.09. The van der Waals surface area contributed by atoms with E-state index in [1.54, 1.807) is 0 Å². The van der Waals surface area contributed by atoms with E-state index < -0.39 is 0 Å². The SMILES string of the molecule is CCNCCCCCc1ccc2ccccc2c1. The van der Waals surface area contributed by atoms with Gasteiger partial charge in [0.25, 0.3) is 0 Å². The smallest absolute Gasteiger partial charge is 0.00490 e. The maximum atomic E-state index is 3.37. The highest BCUT2D eigenvalue weighted by molar-refractivity contribution is 5.82. The summed E-state index contributed by atoms with van der Waals surface area (Å²) in [6.07, 6.45) is 5.11. The summed E-state index contributed by atoms with van der Waals surface area (Å²) in [6, 6.07) is 15.4. The van der Waals surface area contributed by atoms with Crippen LogP contribution in [0.4, 0.5) is 0 Å². The lowest BCUT2D eigenvalue weighted by Gasteiger charge is -2.04. The molecule has 96 valence electrons. The Balaban J connectivity index is 1.81. The Morgan fingerprint density at radius 3 is 2.56 bits per heavy atom. The molecule has 2 aromatic carbocycles. The predicted octanol–water partition coefficient (Wildman–Crippen LogP) is 4.16. The summed E-state index contributed by atoms with van der Waals surface area (Å²) in [5.41, 5.74) is 1.47. The lowest BCUT2D eigenvalue weighted by atomic mass is 10.0. The monoisotopic (exact) mass is 241 g/mol. The van der Waals surface area contributed by atoms with Gasteiger partial charge in [-0.25, -0.2) is 0 Å². The molecule has 0 saturated heterocycles. The molecule has 0 aliphatic heterocycles. The van der Waals surface area contributed by atoms with Crippen molar-refractivity contribution >= 4 is 10.8 Å². The van der Waals surface area contributed by atoms with Gasteiger partial charge in [-0.05, 0) is 48.7 Å². The standard InChI is InChI=1S/C17H23N/c1-2-18-13-7-3-4-8-15-11-12-16-9-5-6-10-17(16)14-15/h5-6,9-12,14,18H,2-4,7-8,13H2,1H3. The van der Waals surface area contributed by atoms with Gasteiger partial charge in [0.2, 0.25) is 0 Å². The molecule has 0 radical (unpaired) electrons. The Labute approximate surface area is 110 Å². The molecule has 0 fully saturated rings. The number of aryl methyl sites for hydroxylation is 1. The van der Waals surface area contributed by atoms with Crippen molar-refractivity contribution in [3.8, 4) is 0 Å². The number of unbranched alkanes of at least 4 members (excludes halogenated alkanes) is 2. The van der Waals surface area contributed by atoms with Crippen LogP contribution in [-0.2, 0) is 6.42 Å². The zero-order valence-corrected chi connectivity index (χ0v) is 11.3. The van der Waals surface area contributed by atoms with Crippen LogP contribution in [0.25, 0.3) is 10.8 Å². The van der Waals surface area contributed by atoms with E-state index in [0.29, 0.717) is 0 Å². The number of hydrogen-bond acceptors (Lipinski definition) is 1. The summed E-state index contributed by atoms with van der Waals surface area (Å²) < 4.78 is 0. The van der Waals surface area contributed by atoms with Gasteiger partial charge in [0.05, 0.1) is 0 Å². The highest BCUT2D eigenvalue weighted by Gasteiger charge is 1.96. The topological polar surface area (TPSA) is 12.0 Å². The van der Waals surface area contributed by atoms with E-state index in [1.165, 1.54) is 42.0 Å². The number of nitrogens with one attached hydrogen (secondary N) is 1. The Morgan fingerprint density at radius 2 is 1.72 bits per heavy atom. The molecule has 0 aliphatic rings. The van der Waals surface area contributed by atoms with Crippen LogP contribution in [0, 0.1) is 0 Å². The molecule has 2 aromatic rings. The lowest BCUT2D eigenvalue weighted by molar-refractivity contribution is 0.617. The fraction of sp³-hybridized carbons (Fsp3) is 0.412. The number of hydrogen-bond donors (Lipinski definition) is 1. The van der Waals surface area contributed by atoms with E-state index in [0.717, 1.165) is 13.1 Å². The van der Waals surface area contributed by atoms with Crippen molar-refractivity contribution in [2.45, 2.75) is 32.6 Å². The van der Waals surface area contributed by atoms with Gasteiger partial charge in [0.15, 0.2) is 0 Å². The third-order valence-corrected chi connectivity index (χ3v) is 3.38. The molecule has 18 heavy (non-hydrogen) atoms. The lowest BCUT2D eigenvalue weighted by Crippen LogP contribution is -2.13. The average molecular weight is 241 g/mol. The van der Waals surface area contributed by atoms with Crippen LogP contribution in [0.5, 0.6) is 0 Å². The number of rotatable bonds is 7. The van der Waals surface area contributed by atoms with Gasteiger partial charge in [-0.3, -0.25) is 0 Å². The van der Waals surface area contributed by atoms with Crippen LogP contribution in [0.15, 0.2) is 42.5 Å². The third kappa shape index (κ3) is 3.85. The first-order chi connectivity index (χ1) is 8.90. The molecule has 0 atom stereocenters. The van der Waals surface area contributed by atoms with Crippen molar-refractivity contribution in [3.05, 3.63) is 48.0 Å². The summed E-state index contributed by atoms with van der Waals surface area (Å²) in [7, 11) is 0. The first-order valence-corrected chi connectivity index (χ1v) is 7.08. The van der Waals surface area contributed by atoms with Crippen molar-refractivity contribution in [1.82, 2.24) is 5.32 Å². The molecule has 1 N–H and O–H groups in total. The molecule has 0 bridgehead atoms.